The van der Waals surface area contributed by atoms with E-state index in [-0.39, 0.29) is 38.6 Å². The molecule has 1 aliphatic carbocycles. The van der Waals surface area contributed by atoms with Gasteiger partial charge < -0.3 is 63.6 Å². The summed E-state index contributed by atoms with van der Waals surface area (Å²) in [6, 6.07) is 7.44. The Morgan fingerprint density at radius 2 is 1.77 bits per heavy atom. The van der Waals surface area contributed by atoms with Gasteiger partial charge >= 0.3 is 12.9 Å². The van der Waals surface area contributed by atoms with Gasteiger partial charge in [0.25, 0.3) is 0 Å². The van der Waals surface area contributed by atoms with Crippen LogP contribution in [0.25, 0.3) is 0 Å². The van der Waals surface area contributed by atoms with E-state index in [1.54, 1.807) is 12.1 Å². The minimum Gasteiger partial charge on any atom is -0.434 e. The highest BCUT2D eigenvalue weighted by Gasteiger charge is 2.48. The summed E-state index contributed by atoms with van der Waals surface area (Å²) in [6.45, 7) is -3.03. The molecule has 0 spiro atoms. The molecule has 266 valence electrons. The molecule has 1 aromatic carbocycles. The maximum atomic E-state index is 12.9. The Labute approximate surface area is 278 Å². The van der Waals surface area contributed by atoms with Gasteiger partial charge in [-0.05, 0) is 36.6 Å². The summed E-state index contributed by atoms with van der Waals surface area (Å²) in [5, 5.41) is 35.4. The number of carbonyl (C=O) groups is 3. The van der Waals surface area contributed by atoms with Crippen molar-refractivity contribution in [1.29, 1.82) is 0 Å². The number of ether oxygens (including phenoxy) is 5. The molecular weight excluding hydrogens is 663 g/mol. The first-order valence-electron chi connectivity index (χ1n) is 15.1. The van der Waals surface area contributed by atoms with Crippen LogP contribution in [0, 0.1) is 5.92 Å². The predicted molar refractivity (Wildman–Crippen MR) is 167 cm³/mol. The number of nitrogens with one attached hydrogen (secondary N) is 2. The van der Waals surface area contributed by atoms with Crippen LogP contribution in [0.5, 0.6) is 0 Å². The van der Waals surface area contributed by atoms with E-state index in [0.717, 1.165) is 5.56 Å². The molecule has 6 N–H and O–H groups in total. The van der Waals surface area contributed by atoms with Crippen molar-refractivity contribution in [1.82, 2.24) is 10.6 Å². The molecule has 47 heavy (non-hydrogen) atoms. The van der Waals surface area contributed by atoms with Gasteiger partial charge in [-0.3, -0.25) is 9.59 Å². The van der Waals surface area contributed by atoms with Crippen LogP contribution in [0.3, 0.4) is 0 Å². The van der Waals surface area contributed by atoms with Crippen LogP contribution in [0.4, 0.5) is 4.79 Å². The average Bonchev–Trinajstić information content (AvgIpc) is 3.36. The number of aliphatic hydroxyl groups is 3. The zero-order valence-corrected chi connectivity index (χ0v) is 28.2. The number of benzene rings is 1. The third kappa shape index (κ3) is 12.0. The Morgan fingerprint density at radius 1 is 1.04 bits per heavy atom. The van der Waals surface area contributed by atoms with Crippen molar-refractivity contribution in [3.8, 4) is 0 Å². The molecule has 0 aromatic heterocycles. The maximum Gasteiger partial charge on any atom is 0.508 e. The molecule has 1 heterocycles. The average molecular weight is 709 g/mol. The molecule has 1 saturated carbocycles. The van der Waals surface area contributed by atoms with E-state index in [1.165, 1.54) is 21.1 Å². The highest BCUT2D eigenvalue weighted by Crippen LogP contribution is 2.48. The van der Waals surface area contributed by atoms with Crippen molar-refractivity contribution >= 4 is 36.5 Å². The normalized spacial score (nSPS) is 30.2. The summed E-state index contributed by atoms with van der Waals surface area (Å²) >= 11 is 5.04. The van der Waals surface area contributed by atoms with Gasteiger partial charge in [-0.25, -0.2) is 4.79 Å². The number of amides is 2. The molecule has 2 unspecified atom stereocenters. The monoisotopic (exact) mass is 708 g/mol. The minimum atomic E-state index is -3.66. The Bertz CT molecular complexity index is 1200. The van der Waals surface area contributed by atoms with Crippen molar-refractivity contribution in [3.05, 3.63) is 35.9 Å². The third-order valence-corrected chi connectivity index (χ3v) is 9.47. The molecule has 1 saturated heterocycles. The molecule has 0 radical (unpaired) electrons. The quantitative estimate of drug-likeness (QED) is 0.0725. The van der Waals surface area contributed by atoms with Crippen LogP contribution >= 0.6 is 6.72 Å². The summed E-state index contributed by atoms with van der Waals surface area (Å²) in [4.78, 5) is 47.1. The minimum absolute atomic E-state index is 0.0215. The van der Waals surface area contributed by atoms with Crippen LogP contribution < -0.4 is 10.6 Å². The van der Waals surface area contributed by atoms with E-state index in [9.17, 15) is 34.6 Å². The topological polar surface area (TPSA) is 221 Å². The molecule has 3 rings (SSSR count). The number of rotatable bonds is 17. The highest BCUT2D eigenvalue weighted by atomic mass is 32.5. The van der Waals surface area contributed by atoms with Crippen molar-refractivity contribution < 1.29 is 67.3 Å². The molecule has 0 bridgehead atoms. The van der Waals surface area contributed by atoms with Crippen LogP contribution in [-0.4, -0.2) is 121 Å². The number of aliphatic hydroxyl groups excluding tert-OH is 3. The largest absolute Gasteiger partial charge is 0.508 e. The van der Waals surface area contributed by atoms with Gasteiger partial charge in [-0.15, -0.1) is 0 Å². The van der Waals surface area contributed by atoms with Gasteiger partial charge in [0, 0.05) is 40.1 Å². The van der Waals surface area contributed by atoms with Crippen molar-refractivity contribution in [2.24, 2.45) is 5.92 Å². The Kier molecular flexibility index (Phi) is 15.9. The van der Waals surface area contributed by atoms with E-state index in [2.05, 4.69) is 10.6 Å². The van der Waals surface area contributed by atoms with Gasteiger partial charge in [0.1, 0.15) is 49.8 Å². The summed E-state index contributed by atoms with van der Waals surface area (Å²) in [5.74, 6) is -1.31. The first-order chi connectivity index (χ1) is 22.4. The second kappa shape index (κ2) is 19.0. The van der Waals surface area contributed by atoms with Gasteiger partial charge in [-0.2, -0.15) is 0 Å². The lowest BCUT2D eigenvalue weighted by Gasteiger charge is -2.42. The van der Waals surface area contributed by atoms with Crippen molar-refractivity contribution in [3.63, 3.8) is 0 Å². The fourth-order valence-electron chi connectivity index (χ4n) is 5.45. The third-order valence-electron chi connectivity index (χ3n) is 7.79. The second-order valence-electron chi connectivity index (χ2n) is 11.2. The number of carbonyl (C=O) groups excluding carboxylic acids is 3. The van der Waals surface area contributed by atoms with Gasteiger partial charge in [0.2, 0.25) is 11.8 Å². The van der Waals surface area contributed by atoms with Crippen molar-refractivity contribution in [2.75, 3.05) is 34.0 Å². The van der Waals surface area contributed by atoms with Crippen LogP contribution in [-0.2, 0) is 60.7 Å². The SMILES string of the molecule is CO[C@H]1C(OP(O)(=S)OC)[C@@H](COC(=O)OCc2ccccc2)C[C@H]1NC(=O)CCCCO[C@@H]1O[C@H](CO)[C@H](O)[C@H](O)[C@H]1NC(C)=O. The zero-order valence-electron chi connectivity index (χ0n) is 26.5. The smallest absolute Gasteiger partial charge is 0.434 e. The fraction of sp³-hybridized carbons (Fsp3) is 0.690. The summed E-state index contributed by atoms with van der Waals surface area (Å²) < 4.78 is 38.0. The summed E-state index contributed by atoms with van der Waals surface area (Å²) in [5.41, 5.74) is 0.784. The van der Waals surface area contributed by atoms with Crippen LogP contribution in [0.1, 0.15) is 38.2 Å². The molecule has 2 fully saturated rings. The number of methoxy groups -OCH3 is 1. The maximum absolute atomic E-state index is 12.9. The molecule has 10 atom stereocenters. The molecule has 18 heteroatoms. The molecule has 16 nitrogen and oxygen atoms in total. The number of hydrogen-bond acceptors (Lipinski definition) is 14. The van der Waals surface area contributed by atoms with E-state index in [4.69, 9.17) is 44.5 Å². The van der Waals surface area contributed by atoms with Crippen LogP contribution in [0.15, 0.2) is 30.3 Å². The lowest BCUT2D eigenvalue weighted by Crippen LogP contribution is -2.64. The summed E-state index contributed by atoms with van der Waals surface area (Å²) in [6.07, 6.45) is -6.44. The summed E-state index contributed by atoms with van der Waals surface area (Å²) in [7, 11) is 2.63. The first kappa shape index (κ1) is 39.2. The lowest BCUT2D eigenvalue weighted by atomic mass is 9.97. The lowest BCUT2D eigenvalue weighted by molar-refractivity contribution is -0.270. The van der Waals surface area contributed by atoms with Crippen LogP contribution in [0.2, 0.25) is 0 Å². The molecular formula is C29H45N2O14PS. The van der Waals surface area contributed by atoms with Gasteiger partial charge in [0.05, 0.1) is 12.6 Å². The zero-order chi connectivity index (χ0) is 34.6. The Morgan fingerprint density at radius 3 is 2.40 bits per heavy atom. The molecule has 1 aliphatic heterocycles. The Hall–Kier alpha value is -2.28. The predicted octanol–water partition coefficient (Wildman–Crippen LogP) is 0.239. The highest BCUT2D eigenvalue weighted by molar-refractivity contribution is 8.07. The first-order valence-corrected chi connectivity index (χ1v) is 17.7. The van der Waals surface area contributed by atoms with E-state index >= 15 is 0 Å². The molecule has 1 aromatic rings. The second-order valence-corrected chi connectivity index (χ2v) is 14.1. The molecule has 2 aliphatic rings. The van der Waals surface area contributed by atoms with E-state index < -0.39 is 80.2 Å². The van der Waals surface area contributed by atoms with E-state index in [0.29, 0.717) is 12.8 Å². The van der Waals surface area contributed by atoms with Gasteiger partial charge in [-0.1, -0.05) is 30.3 Å². The number of unbranched alkanes of at least 4 members (excludes halogenated alkanes) is 1. The number of hydrogen-bond donors (Lipinski definition) is 6. The Balaban J connectivity index is 1.51. The molecule has 2 amide bonds. The standard InChI is InChI=1S/C29H45N2O14PS/c1-17(33)30-23-25(36)24(35)21(14-32)44-28(23)41-12-8-7-11-22(34)31-20-13-19(26(27(20)39-2)45-46(38,47)40-3)16-43-29(37)42-15-18-9-5-4-6-10-18/h4-6,9-10,19-21,23-28,32,35-36H,7-8,11-16H2,1-3H3,(H,30,33)(H,31,34)(H,38,47)/t19-,20-,21-,23-,24+,25-,26?,27-,28-,46?/m1/s1. The van der Waals surface area contributed by atoms with Gasteiger partial charge in [0.15, 0.2) is 6.29 Å². The fourth-order valence-corrected chi connectivity index (χ4v) is 6.43. The van der Waals surface area contributed by atoms with E-state index in [1.807, 2.05) is 18.2 Å². The van der Waals surface area contributed by atoms with Crippen molar-refractivity contribution in [2.45, 2.75) is 88.1 Å².